The Morgan fingerprint density at radius 3 is 3.43 bits per heavy atom. The Kier molecular flexibility index (Phi) is 2.55. The van der Waals surface area contributed by atoms with Crippen molar-refractivity contribution in [1.29, 1.82) is 0 Å². The molecule has 0 unspecified atom stereocenters. The van der Waals surface area contributed by atoms with Crippen molar-refractivity contribution in [3.05, 3.63) is 0 Å². The zero-order chi connectivity index (χ0) is 4.95. The smallest absolute Gasteiger partial charge is 0.0600 e. The molecule has 0 aromatic heterocycles. The van der Waals surface area contributed by atoms with Gasteiger partial charge in [0.05, 0.1) is 13.2 Å². The number of hydrogen-bond acceptors (Lipinski definition) is 3. The van der Waals surface area contributed by atoms with E-state index < -0.39 is 0 Å². The third-order valence-corrected chi connectivity index (χ3v) is 1.56. The van der Waals surface area contributed by atoms with Crippen molar-refractivity contribution in [3.63, 3.8) is 0 Å². The minimum atomic E-state index is 0.868. The lowest BCUT2D eigenvalue weighted by Gasteiger charge is -1.90. The Balaban J connectivity index is 2.04. The molecule has 3 heteroatoms. The van der Waals surface area contributed by atoms with E-state index in [0.29, 0.717) is 0 Å². The van der Waals surface area contributed by atoms with Gasteiger partial charge in [-0.1, -0.05) is 11.9 Å². The highest BCUT2D eigenvalue weighted by molar-refractivity contribution is 7.97. The van der Waals surface area contributed by atoms with Gasteiger partial charge in [-0.25, -0.2) is 0 Å². The summed E-state index contributed by atoms with van der Waals surface area (Å²) in [6, 6.07) is 0. The van der Waals surface area contributed by atoms with Crippen LogP contribution in [0.1, 0.15) is 0 Å². The SMILES string of the molecule is C1COCCSN1. The monoisotopic (exact) mass is 119 g/mol. The van der Waals surface area contributed by atoms with Crippen LogP contribution in [0, 0.1) is 0 Å². The molecule has 1 N–H and O–H groups in total. The van der Waals surface area contributed by atoms with Gasteiger partial charge in [0.15, 0.2) is 0 Å². The van der Waals surface area contributed by atoms with Crippen molar-refractivity contribution < 1.29 is 4.74 Å². The van der Waals surface area contributed by atoms with Gasteiger partial charge in [0.1, 0.15) is 0 Å². The molecule has 0 spiro atoms. The molecule has 0 bridgehead atoms. The quantitative estimate of drug-likeness (QED) is 0.462. The van der Waals surface area contributed by atoms with Crippen molar-refractivity contribution in [2.24, 2.45) is 0 Å². The zero-order valence-corrected chi connectivity index (χ0v) is 4.96. The first-order valence-electron chi connectivity index (χ1n) is 2.42. The molecular formula is C4H9NOS. The standard InChI is InChI=1S/C4H9NOS/c1-2-6-3-4-7-5-1/h5H,1-4H2. The summed E-state index contributed by atoms with van der Waals surface area (Å²) in [6.45, 7) is 2.76. The largest absolute Gasteiger partial charge is 0.379 e. The molecule has 0 aromatic carbocycles. The summed E-state index contributed by atoms with van der Waals surface area (Å²) in [5.74, 6) is 1.08. The van der Waals surface area contributed by atoms with Gasteiger partial charge < -0.3 is 4.74 Å². The van der Waals surface area contributed by atoms with Crippen LogP contribution in [0.4, 0.5) is 0 Å². The van der Waals surface area contributed by atoms with E-state index in [9.17, 15) is 0 Å². The van der Waals surface area contributed by atoms with E-state index in [2.05, 4.69) is 4.72 Å². The van der Waals surface area contributed by atoms with Gasteiger partial charge in [-0.2, -0.15) is 0 Å². The Morgan fingerprint density at radius 1 is 1.43 bits per heavy atom. The maximum absolute atomic E-state index is 5.11. The van der Waals surface area contributed by atoms with Gasteiger partial charge in [0, 0.05) is 12.3 Å². The Labute approximate surface area is 47.8 Å². The van der Waals surface area contributed by atoms with Crippen LogP contribution in [0.15, 0.2) is 0 Å². The Hall–Kier alpha value is 0.270. The molecule has 1 saturated heterocycles. The Morgan fingerprint density at radius 2 is 2.43 bits per heavy atom. The van der Waals surface area contributed by atoms with E-state index in [1.807, 2.05) is 0 Å². The van der Waals surface area contributed by atoms with Crippen molar-refractivity contribution in [3.8, 4) is 0 Å². The van der Waals surface area contributed by atoms with Gasteiger partial charge >= 0.3 is 0 Å². The van der Waals surface area contributed by atoms with Crippen LogP contribution in [0.2, 0.25) is 0 Å². The molecule has 0 atom stereocenters. The molecule has 1 fully saturated rings. The first kappa shape index (κ1) is 5.41. The lowest BCUT2D eigenvalue weighted by atomic mass is 10.7. The van der Waals surface area contributed by atoms with Crippen molar-refractivity contribution in [2.45, 2.75) is 0 Å². The van der Waals surface area contributed by atoms with Gasteiger partial charge in [-0.3, -0.25) is 4.72 Å². The summed E-state index contributed by atoms with van der Waals surface area (Å²) in [6.07, 6.45) is 0. The van der Waals surface area contributed by atoms with Crippen LogP contribution in [0.5, 0.6) is 0 Å². The van der Waals surface area contributed by atoms with Gasteiger partial charge in [0.25, 0.3) is 0 Å². The normalized spacial score (nSPS) is 24.0. The molecule has 0 saturated carbocycles. The fourth-order valence-corrected chi connectivity index (χ4v) is 1.03. The molecule has 1 heterocycles. The van der Waals surface area contributed by atoms with Crippen LogP contribution < -0.4 is 4.72 Å². The third-order valence-electron chi connectivity index (χ3n) is 0.780. The predicted octanol–water partition coefficient (Wildman–Crippen LogP) is 0.254. The van der Waals surface area contributed by atoms with Gasteiger partial charge in [-0.15, -0.1) is 0 Å². The predicted molar refractivity (Wildman–Crippen MR) is 31.3 cm³/mol. The van der Waals surface area contributed by atoms with Crippen LogP contribution in [-0.2, 0) is 4.74 Å². The Bertz CT molecular complexity index is 31.3. The molecule has 7 heavy (non-hydrogen) atoms. The highest BCUT2D eigenvalue weighted by Crippen LogP contribution is 1.95. The molecule has 1 aliphatic rings. The summed E-state index contributed by atoms with van der Waals surface area (Å²) in [5, 5.41) is 0. The van der Waals surface area contributed by atoms with Crippen LogP contribution >= 0.6 is 11.9 Å². The second-order valence-corrected chi connectivity index (χ2v) is 2.34. The van der Waals surface area contributed by atoms with Crippen molar-refractivity contribution in [2.75, 3.05) is 25.5 Å². The summed E-state index contributed by atoms with van der Waals surface area (Å²) < 4.78 is 8.25. The van der Waals surface area contributed by atoms with E-state index in [-0.39, 0.29) is 0 Å². The maximum atomic E-state index is 5.11. The van der Waals surface area contributed by atoms with Crippen LogP contribution in [0.25, 0.3) is 0 Å². The van der Waals surface area contributed by atoms with E-state index >= 15 is 0 Å². The molecule has 0 radical (unpaired) electrons. The summed E-state index contributed by atoms with van der Waals surface area (Å²) in [7, 11) is 0. The molecule has 0 aliphatic carbocycles. The second-order valence-electron chi connectivity index (χ2n) is 1.36. The lowest BCUT2D eigenvalue weighted by Crippen LogP contribution is -2.07. The highest BCUT2D eigenvalue weighted by Gasteiger charge is 1.94. The lowest BCUT2D eigenvalue weighted by molar-refractivity contribution is 0.160. The van der Waals surface area contributed by atoms with Gasteiger partial charge in [-0.05, 0) is 0 Å². The topological polar surface area (TPSA) is 21.3 Å². The number of ether oxygens (including phenoxy) is 1. The van der Waals surface area contributed by atoms with Crippen molar-refractivity contribution >= 4 is 11.9 Å². The second kappa shape index (κ2) is 3.29. The molecule has 0 aromatic rings. The number of rotatable bonds is 0. The average molecular weight is 119 g/mol. The van der Waals surface area contributed by atoms with Gasteiger partial charge in [0.2, 0.25) is 0 Å². The summed E-state index contributed by atoms with van der Waals surface area (Å²) in [4.78, 5) is 0. The molecule has 0 amide bonds. The molecule has 1 rings (SSSR count). The summed E-state index contributed by atoms with van der Waals surface area (Å²) in [5.41, 5.74) is 0. The number of hydrogen-bond donors (Lipinski definition) is 1. The van der Waals surface area contributed by atoms with Crippen LogP contribution in [0.3, 0.4) is 0 Å². The fraction of sp³-hybridized carbons (Fsp3) is 1.00. The third kappa shape index (κ3) is 2.16. The van der Waals surface area contributed by atoms with Crippen LogP contribution in [-0.4, -0.2) is 25.5 Å². The van der Waals surface area contributed by atoms with E-state index in [1.54, 1.807) is 11.9 Å². The maximum Gasteiger partial charge on any atom is 0.0600 e. The first-order valence-corrected chi connectivity index (χ1v) is 3.41. The van der Waals surface area contributed by atoms with E-state index in [1.165, 1.54) is 0 Å². The average Bonchev–Trinajstić information content (AvgIpc) is 1.90. The molecule has 1 aliphatic heterocycles. The summed E-state index contributed by atoms with van der Waals surface area (Å²) >= 11 is 1.74. The molecule has 2 nitrogen and oxygen atoms in total. The highest BCUT2D eigenvalue weighted by atomic mass is 32.2. The first-order chi connectivity index (χ1) is 3.50. The molecular weight excluding hydrogens is 110 g/mol. The zero-order valence-electron chi connectivity index (χ0n) is 4.14. The minimum Gasteiger partial charge on any atom is -0.379 e. The fourth-order valence-electron chi connectivity index (χ4n) is 0.461. The number of nitrogens with one attached hydrogen (secondary N) is 1. The van der Waals surface area contributed by atoms with E-state index in [0.717, 1.165) is 25.5 Å². The molecule has 42 valence electrons. The minimum absolute atomic E-state index is 0.868. The van der Waals surface area contributed by atoms with E-state index in [4.69, 9.17) is 4.74 Å². The van der Waals surface area contributed by atoms with Crippen molar-refractivity contribution in [1.82, 2.24) is 4.72 Å².